The molecule has 0 amide bonds. The minimum atomic E-state index is 0.500. The fourth-order valence-electron chi connectivity index (χ4n) is 3.11. The van der Waals surface area contributed by atoms with E-state index < -0.39 is 0 Å². The first-order chi connectivity index (χ1) is 13.1. The van der Waals surface area contributed by atoms with Gasteiger partial charge in [0.25, 0.3) is 0 Å². The summed E-state index contributed by atoms with van der Waals surface area (Å²) in [6.07, 6.45) is 1.99. The highest BCUT2D eigenvalue weighted by Crippen LogP contribution is 2.33. The molecule has 0 radical (unpaired) electrons. The van der Waals surface area contributed by atoms with Crippen LogP contribution in [0.1, 0.15) is 30.9 Å². The monoisotopic (exact) mass is 354 g/mol. The van der Waals surface area contributed by atoms with Crippen molar-refractivity contribution in [3.05, 3.63) is 84.1 Å². The Hall–Kier alpha value is -3.27. The second-order valence-corrected chi connectivity index (χ2v) is 6.98. The third kappa shape index (κ3) is 3.38. The van der Waals surface area contributed by atoms with E-state index in [1.807, 2.05) is 47.0 Å². The molecule has 4 rings (SSSR count). The molecule has 0 aliphatic rings. The van der Waals surface area contributed by atoms with Crippen LogP contribution >= 0.6 is 0 Å². The van der Waals surface area contributed by atoms with Crippen LogP contribution in [-0.2, 0) is 0 Å². The Morgan fingerprint density at radius 2 is 1.59 bits per heavy atom. The van der Waals surface area contributed by atoms with Crippen molar-refractivity contribution in [2.75, 3.05) is 0 Å². The Morgan fingerprint density at radius 1 is 0.852 bits per heavy atom. The number of aromatic nitrogens is 2. The van der Waals surface area contributed by atoms with Gasteiger partial charge in [0.15, 0.2) is 5.82 Å². The number of fused-ring (bicyclic) bond motifs is 1. The highest BCUT2D eigenvalue weighted by atomic mass is 15.2. The number of imidazole rings is 1. The largest absolute Gasteiger partial charge is 0.282 e. The Labute approximate surface area is 159 Å². The first kappa shape index (κ1) is 17.2. The van der Waals surface area contributed by atoms with E-state index in [-0.39, 0.29) is 0 Å². The summed E-state index contributed by atoms with van der Waals surface area (Å²) in [7, 11) is 0. The van der Waals surface area contributed by atoms with Gasteiger partial charge in [-0.25, -0.2) is 4.98 Å². The number of nitrogens with zero attached hydrogens (tertiary/aromatic N) is 4. The van der Waals surface area contributed by atoms with Gasteiger partial charge in [-0.1, -0.05) is 62.4 Å². The van der Waals surface area contributed by atoms with Gasteiger partial charge in [-0.15, -0.1) is 10.2 Å². The highest BCUT2D eigenvalue weighted by Gasteiger charge is 2.15. The molecule has 0 atom stereocenters. The molecule has 2 aromatic heterocycles. The molecular weight excluding hydrogens is 332 g/mol. The second-order valence-electron chi connectivity index (χ2n) is 6.98. The average Bonchev–Trinajstić information content (AvgIpc) is 3.07. The maximum absolute atomic E-state index is 4.88. The zero-order valence-electron chi connectivity index (χ0n) is 15.8. The molecule has 0 saturated heterocycles. The predicted octanol–water partition coefficient (Wildman–Crippen LogP) is 6.85. The molecule has 4 aromatic rings. The summed E-state index contributed by atoms with van der Waals surface area (Å²) in [5.41, 5.74) is 6.04. The Kier molecular flexibility index (Phi) is 4.55. The summed E-state index contributed by atoms with van der Waals surface area (Å²) in [5.74, 6) is 1.24. The van der Waals surface area contributed by atoms with E-state index in [9.17, 15) is 0 Å². The number of aryl methyl sites for hydroxylation is 1. The molecule has 4 nitrogen and oxygen atoms in total. The molecule has 134 valence electrons. The zero-order valence-corrected chi connectivity index (χ0v) is 15.8. The van der Waals surface area contributed by atoms with Gasteiger partial charge in [-0.2, -0.15) is 0 Å². The van der Waals surface area contributed by atoms with Gasteiger partial charge < -0.3 is 0 Å². The van der Waals surface area contributed by atoms with Gasteiger partial charge in [0.05, 0.1) is 5.69 Å². The fourth-order valence-corrected chi connectivity index (χ4v) is 3.11. The van der Waals surface area contributed by atoms with Gasteiger partial charge in [0.1, 0.15) is 11.3 Å². The normalized spacial score (nSPS) is 11.7. The Morgan fingerprint density at radius 3 is 2.30 bits per heavy atom. The van der Waals surface area contributed by atoms with Crippen LogP contribution < -0.4 is 0 Å². The standard InChI is InChI=1S/C23H22N4/c1-16(2)18-11-13-19(14-12-18)21-23(26-25-20-9-5-4-6-10-20)27-15-7-8-17(3)22(27)24-21/h4-16H,1-3H3. The molecule has 0 aliphatic heterocycles. The first-order valence-corrected chi connectivity index (χ1v) is 9.18. The van der Waals surface area contributed by atoms with Crippen molar-refractivity contribution < 1.29 is 0 Å². The topological polar surface area (TPSA) is 42.0 Å². The highest BCUT2D eigenvalue weighted by molar-refractivity contribution is 5.75. The quantitative estimate of drug-likeness (QED) is 0.370. The summed E-state index contributed by atoms with van der Waals surface area (Å²) < 4.78 is 2.01. The molecule has 0 N–H and O–H groups in total. The van der Waals surface area contributed by atoms with Crippen molar-refractivity contribution in [2.45, 2.75) is 26.7 Å². The van der Waals surface area contributed by atoms with E-state index >= 15 is 0 Å². The molecule has 27 heavy (non-hydrogen) atoms. The second kappa shape index (κ2) is 7.16. The smallest absolute Gasteiger partial charge is 0.187 e. The summed E-state index contributed by atoms with van der Waals surface area (Å²) in [6, 6.07) is 22.4. The lowest BCUT2D eigenvalue weighted by molar-refractivity contribution is 0.867. The summed E-state index contributed by atoms with van der Waals surface area (Å²) in [5, 5.41) is 8.99. The minimum Gasteiger partial charge on any atom is -0.282 e. The van der Waals surface area contributed by atoms with E-state index in [1.54, 1.807) is 0 Å². The number of pyridine rings is 1. The van der Waals surface area contributed by atoms with Gasteiger partial charge >= 0.3 is 0 Å². The molecule has 0 unspecified atom stereocenters. The van der Waals surface area contributed by atoms with Crippen molar-refractivity contribution >= 4 is 17.2 Å². The van der Waals surface area contributed by atoms with Crippen molar-refractivity contribution in [1.29, 1.82) is 0 Å². The molecule has 0 aliphatic carbocycles. The maximum atomic E-state index is 4.88. The molecule has 0 fully saturated rings. The molecule has 0 saturated carbocycles. The lowest BCUT2D eigenvalue weighted by atomic mass is 10.0. The maximum Gasteiger partial charge on any atom is 0.187 e. The van der Waals surface area contributed by atoms with E-state index in [0.717, 1.165) is 34.0 Å². The third-order valence-electron chi connectivity index (χ3n) is 4.69. The number of hydrogen-bond acceptors (Lipinski definition) is 3. The van der Waals surface area contributed by atoms with Gasteiger partial charge in [-0.05, 0) is 42.2 Å². The molecule has 0 spiro atoms. The van der Waals surface area contributed by atoms with Crippen LogP contribution in [-0.4, -0.2) is 9.38 Å². The molecule has 2 heterocycles. The molecule has 0 bridgehead atoms. The number of azo groups is 1. The van der Waals surface area contributed by atoms with E-state index in [0.29, 0.717) is 5.92 Å². The molecule has 2 aromatic carbocycles. The first-order valence-electron chi connectivity index (χ1n) is 9.18. The Bertz CT molecular complexity index is 1090. The third-order valence-corrected chi connectivity index (χ3v) is 4.69. The van der Waals surface area contributed by atoms with Crippen LogP contribution in [0.5, 0.6) is 0 Å². The van der Waals surface area contributed by atoms with Gasteiger partial charge in [0, 0.05) is 11.8 Å². The lowest BCUT2D eigenvalue weighted by Crippen LogP contribution is -1.87. The van der Waals surface area contributed by atoms with Crippen LogP contribution in [0.15, 0.2) is 83.2 Å². The van der Waals surface area contributed by atoms with Crippen LogP contribution in [0, 0.1) is 6.92 Å². The van der Waals surface area contributed by atoms with E-state index in [2.05, 4.69) is 61.3 Å². The van der Waals surface area contributed by atoms with Crippen LogP contribution in [0.3, 0.4) is 0 Å². The minimum absolute atomic E-state index is 0.500. The average molecular weight is 354 g/mol. The predicted molar refractivity (Wildman–Crippen MR) is 110 cm³/mol. The number of hydrogen-bond donors (Lipinski definition) is 0. The van der Waals surface area contributed by atoms with E-state index in [1.165, 1.54) is 5.56 Å². The number of benzene rings is 2. The zero-order chi connectivity index (χ0) is 18.8. The van der Waals surface area contributed by atoms with Gasteiger partial charge in [-0.3, -0.25) is 4.40 Å². The number of rotatable bonds is 4. The molecule has 4 heteroatoms. The van der Waals surface area contributed by atoms with Crippen LogP contribution in [0.4, 0.5) is 11.5 Å². The summed E-state index contributed by atoms with van der Waals surface area (Å²) in [6.45, 7) is 6.46. The van der Waals surface area contributed by atoms with Crippen molar-refractivity contribution in [3.63, 3.8) is 0 Å². The van der Waals surface area contributed by atoms with Crippen molar-refractivity contribution in [1.82, 2.24) is 9.38 Å². The van der Waals surface area contributed by atoms with E-state index in [4.69, 9.17) is 4.98 Å². The Balaban J connectivity index is 1.86. The fraction of sp³-hybridized carbons (Fsp3) is 0.174. The SMILES string of the molecule is Cc1cccn2c(N=Nc3ccccc3)c(-c3ccc(C(C)C)cc3)nc12. The summed E-state index contributed by atoms with van der Waals surface area (Å²) >= 11 is 0. The van der Waals surface area contributed by atoms with Crippen molar-refractivity contribution in [3.8, 4) is 11.3 Å². The van der Waals surface area contributed by atoms with Crippen LogP contribution in [0.2, 0.25) is 0 Å². The summed E-state index contributed by atoms with van der Waals surface area (Å²) in [4.78, 5) is 4.88. The van der Waals surface area contributed by atoms with Crippen LogP contribution in [0.25, 0.3) is 16.9 Å². The lowest BCUT2D eigenvalue weighted by Gasteiger charge is -2.06. The van der Waals surface area contributed by atoms with Crippen molar-refractivity contribution in [2.24, 2.45) is 10.2 Å². The molecular formula is C23H22N4. The van der Waals surface area contributed by atoms with Gasteiger partial charge in [0.2, 0.25) is 0 Å².